The van der Waals surface area contributed by atoms with Crippen molar-refractivity contribution in [3.8, 4) is 0 Å². The van der Waals surface area contributed by atoms with Crippen LogP contribution in [0.4, 0.5) is 5.69 Å². The molecule has 0 radical (unpaired) electrons. The van der Waals surface area contributed by atoms with E-state index in [2.05, 4.69) is 0 Å². The summed E-state index contributed by atoms with van der Waals surface area (Å²) in [6.45, 7) is -0.0180. The molecule has 74 valence electrons. The number of thiophene rings is 1. The van der Waals surface area contributed by atoms with E-state index in [4.69, 9.17) is 22.4 Å². The summed E-state index contributed by atoms with van der Waals surface area (Å²) in [6, 6.07) is 5.84. The van der Waals surface area contributed by atoms with Crippen LogP contribution >= 0.6 is 22.9 Å². The molecule has 1 aromatic carbocycles. The van der Waals surface area contributed by atoms with Gasteiger partial charge in [-0.05, 0) is 23.6 Å². The van der Waals surface area contributed by atoms with Crippen molar-refractivity contribution in [2.45, 2.75) is 12.5 Å². The first-order valence-corrected chi connectivity index (χ1v) is 5.57. The van der Waals surface area contributed by atoms with Crippen LogP contribution in [-0.4, -0.2) is 5.11 Å². The second-order valence-electron chi connectivity index (χ2n) is 3.09. The average molecular weight is 228 g/mol. The Bertz CT molecular complexity index is 466. The molecule has 1 aromatic heterocycles. The topological polar surface area (TPSA) is 46.2 Å². The maximum absolute atomic E-state index is 9.04. The largest absolute Gasteiger partial charge is 0.398 e. The van der Waals surface area contributed by atoms with Crippen molar-refractivity contribution in [2.75, 3.05) is 5.73 Å². The molecule has 0 amide bonds. The molecule has 4 heteroatoms. The minimum absolute atomic E-state index is 0.0180. The van der Waals surface area contributed by atoms with Crippen molar-refractivity contribution in [3.05, 3.63) is 28.6 Å². The highest BCUT2D eigenvalue weighted by atomic mass is 35.5. The molecule has 2 nitrogen and oxygen atoms in total. The summed E-state index contributed by atoms with van der Waals surface area (Å²) >= 11 is 7.38. The highest BCUT2D eigenvalue weighted by Gasteiger charge is 2.05. The van der Waals surface area contributed by atoms with Gasteiger partial charge in [0.2, 0.25) is 0 Å². The number of fused-ring (bicyclic) bond motifs is 1. The Kier molecular flexibility index (Phi) is 2.63. The van der Waals surface area contributed by atoms with Crippen LogP contribution in [0.25, 0.3) is 10.1 Å². The predicted octanol–water partition coefficient (Wildman–Crippen LogP) is 2.71. The molecular weight excluding hydrogens is 218 g/mol. The molecular formula is C10H10ClNOS. The maximum Gasteiger partial charge on any atom is 0.0702 e. The Hall–Kier alpha value is -0.770. The van der Waals surface area contributed by atoms with E-state index in [1.165, 1.54) is 0 Å². The number of aliphatic hydroxyl groups is 1. The maximum atomic E-state index is 9.04. The third-order valence-electron chi connectivity index (χ3n) is 2.13. The molecule has 2 aromatic rings. The molecule has 0 unspecified atom stereocenters. The van der Waals surface area contributed by atoms with Crippen LogP contribution < -0.4 is 5.73 Å². The molecule has 0 fully saturated rings. The SMILES string of the molecule is Nc1cc2cc(CCl)sc2cc1CO. The van der Waals surface area contributed by atoms with Crippen molar-refractivity contribution >= 4 is 38.7 Å². The summed E-state index contributed by atoms with van der Waals surface area (Å²) in [4.78, 5) is 1.12. The smallest absolute Gasteiger partial charge is 0.0702 e. The predicted molar refractivity (Wildman–Crippen MR) is 61.7 cm³/mol. The van der Waals surface area contributed by atoms with Crippen LogP contribution in [0, 0.1) is 0 Å². The monoisotopic (exact) mass is 227 g/mol. The van der Waals surface area contributed by atoms with Gasteiger partial charge in [-0.15, -0.1) is 22.9 Å². The molecule has 2 rings (SSSR count). The molecule has 1 heterocycles. The zero-order chi connectivity index (χ0) is 10.1. The minimum atomic E-state index is -0.0180. The number of hydrogen-bond acceptors (Lipinski definition) is 3. The zero-order valence-electron chi connectivity index (χ0n) is 7.46. The summed E-state index contributed by atoms with van der Waals surface area (Å²) in [5.74, 6) is 0.522. The third kappa shape index (κ3) is 1.59. The van der Waals surface area contributed by atoms with Crippen LogP contribution in [0.3, 0.4) is 0 Å². The molecule has 0 aliphatic heterocycles. The van der Waals surface area contributed by atoms with E-state index in [-0.39, 0.29) is 6.61 Å². The van der Waals surface area contributed by atoms with Gasteiger partial charge in [-0.25, -0.2) is 0 Å². The molecule has 0 atom stereocenters. The summed E-state index contributed by atoms with van der Waals surface area (Å²) in [7, 11) is 0. The van der Waals surface area contributed by atoms with Gasteiger partial charge >= 0.3 is 0 Å². The third-order valence-corrected chi connectivity index (χ3v) is 3.68. The van der Waals surface area contributed by atoms with Crippen LogP contribution in [0.1, 0.15) is 10.4 Å². The fourth-order valence-electron chi connectivity index (χ4n) is 1.40. The Morgan fingerprint density at radius 2 is 2.14 bits per heavy atom. The van der Waals surface area contributed by atoms with Gasteiger partial charge in [-0.2, -0.15) is 0 Å². The number of aliphatic hydroxyl groups excluding tert-OH is 1. The lowest BCUT2D eigenvalue weighted by Crippen LogP contribution is -1.92. The van der Waals surface area contributed by atoms with E-state index in [1.54, 1.807) is 11.3 Å². The van der Waals surface area contributed by atoms with Gasteiger partial charge in [0.05, 0.1) is 12.5 Å². The fourth-order valence-corrected chi connectivity index (χ4v) is 2.60. The van der Waals surface area contributed by atoms with Crippen LogP contribution in [-0.2, 0) is 12.5 Å². The number of rotatable bonds is 2. The summed E-state index contributed by atoms with van der Waals surface area (Å²) in [5, 5.41) is 10.1. The molecule has 0 aliphatic rings. The molecule has 0 spiro atoms. The van der Waals surface area contributed by atoms with Crippen molar-refractivity contribution in [1.29, 1.82) is 0 Å². The molecule has 0 aliphatic carbocycles. The average Bonchev–Trinajstić information content (AvgIpc) is 2.58. The number of alkyl halides is 1. The quantitative estimate of drug-likeness (QED) is 0.612. The Morgan fingerprint density at radius 3 is 2.79 bits per heavy atom. The van der Waals surface area contributed by atoms with Crippen molar-refractivity contribution in [3.63, 3.8) is 0 Å². The normalized spacial score (nSPS) is 11.0. The number of nitrogen functional groups attached to an aromatic ring is 1. The van der Waals surface area contributed by atoms with Crippen molar-refractivity contribution in [1.82, 2.24) is 0 Å². The molecule has 0 saturated carbocycles. The van der Waals surface area contributed by atoms with E-state index in [1.807, 2.05) is 18.2 Å². The number of hydrogen-bond donors (Lipinski definition) is 2. The van der Waals surface area contributed by atoms with Crippen molar-refractivity contribution < 1.29 is 5.11 Å². The van der Waals surface area contributed by atoms with Crippen LogP contribution in [0.2, 0.25) is 0 Å². The number of nitrogens with two attached hydrogens (primary N) is 1. The van der Waals surface area contributed by atoms with Gasteiger partial charge in [0.15, 0.2) is 0 Å². The highest BCUT2D eigenvalue weighted by Crippen LogP contribution is 2.30. The fraction of sp³-hybridized carbons (Fsp3) is 0.200. The van der Waals surface area contributed by atoms with Gasteiger partial charge < -0.3 is 10.8 Å². The van der Waals surface area contributed by atoms with Gasteiger partial charge in [-0.3, -0.25) is 0 Å². The number of halogens is 1. The van der Waals surface area contributed by atoms with Gasteiger partial charge in [0.1, 0.15) is 0 Å². The summed E-state index contributed by atoms with van der Waals surface area (Å²) in [6.07, 6.45) is 0. The standard InChI is InChI=1S/C10H10ClNOS/c11-4-8-1-6-2-9(12)7(5-13)3-10(6)14-8/h1-3,13H,4-5,12H2. The lowest BCUT2D eigenvalue weighted by molar-refractivity contribution is 0.283. The first kappa shape index (κ1) is 9.77. The molecule has 14 heavy (non-hydrogen) atoms. The Balaban J connectivity index is 2.64. The van der Waals surface area contributed by atoms with E-state index < -0.39 is 0 Å². The molecule has 3 N–H and O–H groups in total. The lowest BCUT2D eigenvalue weighted by Gasteiger charge is -2.01. The minimum Gasteiger partial charge on any atom is -0.398 e. The first-order valence-electron chi connectivity index (χ1n) is 4.22. The molecule has 0 bridgehead atoms. The van der Waals surface area contributed by atoms with E-state index in [9.17, 15) is 0 Å². The lowest BCUT2D eigenvalue weighted by atomic mass is 10.1. The summed E-state index contributed by atoms with van der Waals surface area (Å²) < 4.78 is 1.12. The zero-order valence-corrected chi connectivity index (χ0v) is 9.03. The Labute approximate surface area is 90.9 Å². The van der Waals surface area contributed by atoms with Crippen LogP contribution in [0.15, 0.2) is 18.2 Å². The van der Waals surface area contributed by atoms with Gasteiger partial charge in [0.25, 0.3) is 0 Å². The number of anilines is 1. The van der Waals surface area contributed by atoms with E-state index >= 15 is 0 Å². The van der Waals surface area contributed by atoms with Gasteiger partial charge in [0, 0.05) is 20.8 Å². The van der Waals surface area contributed by atoms with E-state index in [0.717, 1.165) is 20.5 Å². The Morgan fingerprint density at radius 1 is 1.36 bits per heavy atom. The first-order chi connectivity index (χ1) is 6.74. The highest BCUT2D eigenvalue weighted by molar-refractivity contribution is 7.19. The summed E-state index contributed by atoms with van der Waals surface area (Å²) in [5.41, 5.74) is 7.18. The second kappa shape index (κ2) is 3.77. The van der Waals surface area contributed by atoms with Gasteiger partial charge in [-0.1, -0.05) is 0 Å². The van der Waals surface area contributed by atoms with Crippen LogP contribution in [0.5, 0.6) is 0 Å². The number of benzene rings is 1. The molecule has 0 saturated heterocycles. The van der Waals surface area contributed by atoms with Crippen molar-refractivity contribution in [2.24, 2.45) is 0 Å². The van der Waals surface area contributed by atoms with E-state index in [0.29, 0.717) is 11.6 Å². The second-order valence-corrected chi connectivity index (χ2v) is 4.53.